The lowest BCUT2D eigenvalue weighted by Crippen LogP contribution is -2.58. The summed E-state index contributed by atoms with van der Waals surface area (Å²) < 4.78 is 5.37. The molecule has 1 unspecified atom stereocenters. The summed E-state index contributed by atoms with van der Waals surface area (Å²) in [5.74, 6) is 0.0830. The van der Waals surface area contributed by atoms with Crippen molar-refractivity contribution in [1.29, 1.82) is 0 Å². The minimum Gasteiger partial charge on any atom is -0.496 e. The standard InChI is InChI=1S/C25H24ClN3O3/c1-28-11-12-29(24(30)21-15-20(26)8-9-23(21)32-2)22(25(28)31)14-17-5-3-6-18(13-17)19-7-4-10-27-16-19/h3-10,13,15-16,22H,11-12,14H2,1-2H3. The van der Waals surface area contributed by atoms with Crippen molar-refractivity contribution < 1.29 is 14.3 Å². The van der Waals surface area contributed by atoms with Crippen LogP contribution in [0.3, 0.4) is 0 Å². The van der Waals surface area contributed by atoms with E-state index in [2.05, 4.69) is 4.98 Å². The highest BCUT2D eigenvalue weighted by molar-refractivity contribution is 6.31. The van der Waals surface area contributed by atoms with Gasteiger partial charge in [-0.3, -0.25) is 14.6 Å². The Kier molecular flexibility index (Phi) is 6.42. The van der Waals surface area contributed by atoms with Gasteiger partial charge in [0.15, 0.2) is 0 Å². The van der Waals surface area contributed by atoms with Gasteiger partial charge in [0, 0.05) is 44.0 Å². The van der Waals surface area contributed by atoms with E-state index in [1.807, 2.05) is 36.4 Å². The van der Waals surface area contributed by atoms with Crippen LogP contribution in [0, 0.1) is 0 Å². The number of amides is 2. The summed E-state index contributed by atoms with van der Waals surface area (Å²) >= 11 is 6.14. The molecule has 6 nitrogen and oxygen atoms in total. The normalized spacial score (nSPS) is 16.2. The highest BCUT2D eigenvalue weighted by Gasteiger charge is 2.37. The first-order valence-electron chi connectivity index (χ1n) is 10.4. The lowest BCUT2D eigenvalue weighted by Gasteiger charge is -2.39. The summed E-state index contributed by atoms with van der Waals surface area (Å²) in [6, 6.07) is 16.2. The molecule has 1 aliphatic heterocycles. The van der Waals surface area contributed by atoms with Crippen LogP contribution in [0.2, 0.25) is 5.02 Å². The second kappa shape index (κ2) is 9.40. The molecular weight excluding hydrogens is 426 g/mol. The van der Waals surface area contributed by atoms with Crippen molar-refractivity contribution in [3.63, 3.8) is 0 Å². The largest absolute Gasteiger partial charge is 0.496 e. The molecule has 2 amide bonds. The number of hydrogen-bond acceptors (Lipinski definition) is 4. The number of carbonyl (C=O) groups excluding carboxylic acids is 2. The van der Waals surface area contributed by atoms with Crippen molar-refractivity contribution in [2.45, 2.75) is 12.5 Å². The summed E-state index contributed by atoms with van der Waals surface area (Å²) in [6.07, 6.45) is 3.95. The van der Waals surface area contributed by atoms with Crippen LogP contribution in [0.5, 0.6) is 5.75 Å². The molecule has 0 saturated carbocycles. The molecule has 1 fully saturated rings. The fourth-order valence-corrected chi connectivity index (χ4v) is 4.16. The first-order valence-corrected chi connectivity index (χ1v) is 10.7. The summed E-state index contributed by atoms with van der Waals surface area (Å²) in [5.41, 5.74) is 3.34. The number of carbonyl (C=O) groups is 2. The molecule has 7 heteroatoms. The van der Waals surface area contributed by atoms with E-state index in [9.17, 15) is 9.59 Å². The first-order chi connectivity index (χ1) is 15.5. The summed E-state index contributed by atoms with van der Waals surface area (Å²) in [6.45, 7) is 0.906. The molecule has 1 saturated heterocycles. The van der Waals surface area contributed by atoms with Crippen molar-refractivity contribution in [1.82, 2.24) is 14.8 Å². The zero-order valence-corrected chi connectivity index (χ0v) is 18.7. The Balaban J connectivity index is 1.66. The molecule has 3 aromatic rings. The number of aromatic nitrogens is 1. The number of nitrogens with zero attached hydrogens (tertiary/aromatic N) is 3. The highest BCUT2D eigenvalue weighted by atomic mass is 35.5. The third kappa shape index (κ3) is 4.46. The summed E-state index contributed by atoms with van der Waals surface area (Å²) in [7, 11) is 3.28. The van der Waals surface area contributed by atoms with Crippen LogP contribution in [-0.2, 0) is 11.2 Å². The van der Waals surface area contributed by atoms with Crippen LogP contribution < -0.4 is 4.74 Å². The molecule has 164 valence electrons. The lowest BCUT2D eigenvalue weighted by atomic mass is 9.97. The molecule has 1 atom stereocenters. The summed E-state index contributed by atoms with van der Waals surface area (Å²) in [5, 5.41) is 0.440. The predicted molar refractivity (Wildman–Crippen MR) is 124 cm³/mol. The Labute approximate surface area is 192 Å². The molecule has 0 N–H and O–H groups in total. The van der Waals surface area contributed by atoms with Crippen molar-refractivity contribution >= 4 is 23.4 Å². The van der Waals surface area contributed by atoms with Gasteiger partial charge in [0.25, 0.3) is 5.91 Å². The minimum atomic E-state index is -0.617. The fourth-order valence-electron chi connectivity index (χ4n) is 3.99. The molecule has 1 aromatic heterocycles. The number of benzene rings is 2. The maximum atomic E-state index is 13.5. The molecule has 1 aliphatic rings. The fraction of sp³-hybridized carbons (Fsp3) is 0.240. The number of piperazine rings is 1. The zero-order chi connectivity index (χ0) is 22.7. The van der Waals surface area contributed by atoms with Gasteiger partial charge in [-0.05, 0) is 41.0 Å². The van der Waals surface area contributed by atoms with Gasteiger partial charge >= 0.3 is 0 Å². The third-order valence-electron chi connectivity index (χ3n) is 5.72. The van der Waals surface area contributed by atoms with Gasteiger partial charge in [0.2, 0.25) is 5.91 Å². The van der Waals surface area contributed by atoms with Crippen molar-refractivity contribution in [2.75, 3.05) is 27.2 Å². The molecular formula is C25H24ClN3O3. The predicted octanol–water partition coefficient (Wildman–Crippen LogP) is 3.94. The van der Waals surface area contributed by atoms with E-state index in [1.54, 1.807) is 47.4 Å². The maximum Gasteiger partial charge on any atom is 0.258 e. The van der Waals surface area contributed by atoms with Gasteiger partial charge in [0.1, 0.15) is 11.8 Å². The van der Waals surface area contributed by atoms with Crippen LogP contribution in [0.15, 0.2) is 67.0 Å². The molecule has 2 heterocycles. The number of likely N-dealkylation sites (N-methyl/N-ethyl adjacent to an activating group) is 1. The number of ether oxygens (including phenoxy) is 1. The Bertz CT molecular complexity index is 1140. The monoisotopic (exact) mass is 449 g/mol. The third-order valence-corrected chi connectivity index (χ3v) is 5.95. The number of rotatable bonds is 5. The Hall–Kier alpha value is -3.38. The Morgan fingerprint density at radius 1 is 1.12 bits per heavy atom. The van der Waals surface area contributed by atoms with Gasteiger partial charge < -0.3 is 14.5 Å². The van der Waals surface area contributed by atoms with Crippen molar-refractivity contribution in [3.8, 4) is 16.9 Å². The van der Waals surface area contributed by atoms with E-state index < -0.39 is 6.04 Å². The van der Waals surface area contributed by atoms with E-state index in [0.29, 0.717) is 35.8 Å². The Morgan fingerprint density at radius 3 is 2.69 bits per heavy atom. The maximum absolute atomic E-state index is 13.5. The molecule has 2 aromatic carbocycles. The molecule has 32 heavy (non-hydrogen) atoms. The summed E-state index contributed by atoms with van der Waals surface area (Å²) in [4.78, 5) is 34.1. The first kappa shape index (κ1) is 21.8. The molecule has 0 spiro atoms. The SMILES string of the molecule is COc1ccc(Cl)cc1C(=O)N1CCN(C)C(=O)C1Cc1cccc(-c2cccnc2)c1. The van der Waals surface area contributed by atoms with Gasteiger partial charge in [0.05, 0.1) is 12.7 Å². The average molecular weight is 450 g/mol. The lowest BCUT2D eigenvalue weighted by molar-refractivity contribution is -0.138. The van der Waals surface area contributed by atoms with Gasteiger partial charge in [-0.2, -0.15) is 0 Å². The number of halogens is 1. The van der Waals surface area contributed by atoms with E-state index in [1.165, 1.54) is 7.11 Å². The molecule has 0 bridgehead atoms. The van der Waals surface area contributed by atoms with Gasteiger partial charge in [-0.15, -0.1) is 0 Å². The van der Waals surface area contributed by atoms with E-state index in [0.717, 1.165) is 16.7 Å². The quantitative estimate of drug-likeness (QED) is 0.592. The van der Waals surface area contributed by atoms with E-state index >= 15 is 0 Å². The second-order valence-corrected chi connectivity index (χ2v) is 8.20. The molecule has 4 rings (SSSR count). The highest BCUT2D eigenvalue weighted by Crippen LogP contribution is 2.27. The van der Waals surface area contributed by atoms with Crippen molar-refractivity contribution in [2.24, 2.45) is 0 Å². The van der Waals surface area contributed by atoms with Crippen LogP contribution >= 0.6 is 11.6 Å². The van der Waals surface area contributed by atoms with E-state index in [-0.39, 0.29) is 11.8 Å². The Morgan fingerprint density at radius 2 is 1.94 bits per heavy atom. The second-order valence-electron chi connectivity index (χ2n) is 7.76. The average Bonchev–Trinajstić information content (AvgIpc) is 2.82. The van der Waals surface area contributed by atoms with Crippen LogP contribution in [-0.4, -0.2) is 59.9 Å². The van der Waals surface area contributed by atoms with Crippen LogP contribution in [0.1, 0.15) is 15.9 Å². The molecule has 0 aliphatic carbocycles. The minimum absolute atomic E-state index is 0.0858. The van der Waals surface area contributed by atoms with Crippen LogP contribution in [0.4, 0.5) is 0 Å². The van der Waals surface area contributed by atoms with Gasteiger partial charge in [-0.25, -0.2) is 0 Å². The van der Waals surface area contributed by atoms with E-state index in [4.69, 9.17) is 16.3 Å². The van der Waals surface area contributed by atoms with Crippen LogP contribution in [0.25, 0.3) is 11.1 Å². The number of hydrogen-bond donors (Lipinski definition) is 0. The van der Waals surface area contributed by atoms with Crippen molar-refractivity contribution in [3.05, 3.63) is 83.1 Å². The zero-order valence-electron chi connectivity index (χ0n) is 18.0. The van der Waals surface area contributed by atoms with Gasteiger partial charge in [-0.1, -0.05) is 41.9 Å². The molecule has 0 radical (unpaired) electrons. The smallest absolute Gasteiger partial charge is 0.258 e. The number of methoxy groups -OCH3 is 1. The topological polar surface area (TPSA) is 62.7 Å². The number of pyridine rings is 1.